The van der Waals surface area contributed by atoms with Gasteiger partial charge in [0.05, 0.1) is 12.0 Å². The maximum atomic E-state index is 14.3. The molecule has 7 nitrogen and oxygen atoms in total. The van der Waals surface area contributed by atoms with Gasteiger partial charge < -0.3 is 15.3 Å². The van der Waals surface area contributed by atoms with Gasteiger partial charge in [-0.2, -0.15) is 0 Å². The lowest BCUT2D eigenvalue weighted by atomic mass is 9.84. The summed E-state index contributed by atoms with van der Waals surface area (Å²) < 4.78 is 14.3. The smallest absolute Gasteiger partial charge is 0.303 e. The van der Waals surface area contributed by atoms with Gasteiger partial charge in [-0.3, -0.25) is 19.4 Å². The van der Waals surface area contributed by atoms with Crippen LogP contribution in [0.15, 0.2) is 36.7 Å². The summed E-state index contributed by atoms with van der Waals surface area (Å²) in [7, 11) is 0. The van der Waals surface area contributed by atoms with Crippen molar-refractivity contribution in [2.75, 3.05) is 26.2 Å². The number of aliphatic carboxylic acids is 1. The molecule has 206 valence electrons. The third kappa shape index (κ3) is 7.73. The number of carboxylic acids is 1. The molecule has 2 aliphatic rings. The van der Waals surface area contributed by atoms with Crippen LogP contribution in [0.1, 0.15) is 68.4 Å². The van der Waals surface area contributed by atoms with Crippen LogP contribution in [-0.2, 0) is 14.4 Å². The van der Waals surface area contributed by atoms with Gasteiger partial charge in [-0.1, -0.05) is 12.0 Å². The van der Waals surface area contributed by atoms with E-state index < -0.39 is 17.7 Å². The second-order valence-corrected chi connectivity index (χ2v) is 10.7. The number of amides is 1. The van der Waals surface area contributed by atoms with Crippen molar-refractivity contribution in [2.45, 2.75) is 57.3 Å². The van der Waals surface area contributed by atoms with Gasteiger partial charge in [0.25, 0.3) is 0 Å². The van der Waals surface area contributed by atoms with E-state index in [0.717, 1.165) is 38.8 Å². The molecular formula is C31H36FN3O4. The highest BCUT2D eigenvalue weighted by Gasteiger charge is 2.31. The molecule has 1 aromatic heterocycles. The zero-order chi connectivity index (χ0) is 27.8. The van der Waals surface area contributed by atoms with Crippen LogP contribution >= 0.6 is 0 Å². The molecule has 0 spiro atoms. The van der Waals surface area contributed by atoms with E-state index in [1.165, 1.54) is 12.1 Å². The van der Waals surface area contributed by atoms with E-state index in [-0.39, 0.29) is 36.0 Å². The van der Waals surface area contributed by atoms with Gasteiger partial charge in [-0.15, -0.1) is 6.42 Å². The lowest BCUT2D eigenvalue weighted by Crippen LogP contribution is -2.42. The number of piperidine rings is 2. The first-order valence-corrected chi connectivity index (χ1v) is 13.8. The zero-order valence-corrected chi connectivity index (χ0v) is 22.2. The first-order chi connectivity index (χ1) is 18.8. The summed E-state index contributed by atoms with van der Waals surface area (Å²) in [4.78, 5) is 44.1. The number of terminal acetylenes is 1. The standard InChI is InChI=1S/C31H36FN3O4/c1-2-22-6-7-23(15-28(22)32)26-14-27(19-34-18-26)25(17-31(38)39)16-29(36)24-4-3-13-35(20-24)30(37)8-5-21-9-11-33-12-10-21/h1,6-7,14-15,18-19,21,24-25,33H,3-5,8-13,16-17,20H2,(H,38,39)/t24-,25+/m1/s1/i32-1. The number of nitrogens with zero attached hydrogens (tertiary/aromatic N) is 2. The molecular weight excluding hydrogens is 496 g/mol. The fraction of sp³-hybridized carbons (Fsp3) is 0.484. The van der Waals surface area contributed by atoms with Gasteiger partial charge in [0.2, 0.25) is 5.91 Å². The van der Waals surface area contributed by atoms with E-state index in [1.807, 2.05) is 4.90 Å². The number of nitrogens with one attached hydrogen (secondary N) is 1. The van der Waals surface area contributed by atoms with Crippen LogP contribution in [0.4, 0.5) is 4.39 Å². The van der Waals surface area contributed by atoms with Crippen LogP contribution in [0.2, 0.25) is 0 Å². The number of halogens is 1. The Labute approximate surface area is 229 Å². The van der Waals surface area contributed by atoms with Crippen LogP contribution in [-0.4, -0.2) is 58.8 Å². The number of carbonyl (C=O) groups excluding carboxylic acids is 2. The van der Waals surface area contributed by atoms with Crippen molar-refractivity contribution in [1.29, 1.82) is 0 Å². The van der Waals surface area contributed by atoms with Crippen molar-refractivity contribution in [3.8, 4) is 23.5 Å². The van der Waals surface area contributed by atoms with E-state index in [9.17, 15) is 23.9 Å². The summed E-state index contributed by atoms with van der Waals surface area (Å²) in [5, 5.41) is 12.9. The number of benzene rings is 1. The Kier molecular flexibility index (Phi) is 9.83. The first kappa shape index (κ1) is 28.4. The molecule has 0 saturated carbocycles. The van der Waals surface area contributed by atoms with Crippen LogP contribution in [0.25, 0.3) is 11.1 Å². The predicted octanol–water partition coefficient (Wildman–Crippen LogP) is 4.40. The highest BCUT2D eigenvalue weighted by atomic mass is 18.2. The molecule has 4 rings (SSSR count). The maximum absolute atomic E-state index is 14.3. The fourth-order valence-electron chi connectivity index (χ4n) is 5.70. The Bertz CT molecular complexity index is 1230. The molecule has 2 fully saturated rings. The zero-order valence-electron chi connectivity index (χ0n) is 22.2. The fourth-order valence-corrected chi connectivity index (χ4v) is 5.70. The third-order valence-electron chi connectivity index (χ3n) is 8.01. The van der Waals surface area contributed by atoms with Gasteiger partial charge in [0.1, 0.15) is 11.6 Å². The van der Waals surface area contributed by atoms with E-state index in [1.54, 1.807) is 24.5 Å². The van der Waals surface area contributed by atoms with Crippen LogP contribution in [0.3, 0.4) is 0 Å². The average Bonchev–Trinajstić information content (AvgIpc) is 2.96. The van der Waals surface area contributed by atoms with E-state index in [4.69, 9.17) is 6.42 Å². The summed E-state index contributed by atoms with van der Waals surface area (Å²) in [5.74, 6) is 0.511. The monoisotopic (exact) mass is 532 g/mol. The number of aromatic nitrogens is 1. The van der Waals surface area contributed by atoms with E-state index >= 15 is 0 Å². The summed E-state index contributed by atoms with van der Waals surface area (Å²) in [6, 6.07) is 6.29. The summed E-state index contributed by atoms with van der Waals surface area (Å²) >= 11 is 0. The number of pyridine rings is 1. The highest BCUT2D eigenvalue weighted by molar-refractivity contribution is 5.84. The number of carbonyl (C=O) groups is 3. The molecule has 2 saturated heterocycles. The maximum Gasteiger partial charge on any atom is 0.303 e. The molecule has 2 N–H and O–H groups in total. The number of likely N-dealkylation sites (tertiary alicyclic amines) is 1. The van der Waals surface area contributed by atoms with Gasteiger partial charge in [0.15, 0.2) is 0 Å². The van der Waals surface area contributed by atoms with Crippen molar-refractivity contribution in [2.24, 2.45) is 11.8 Å². The van der Waals surface area contributed by atoms with Crippen molar-refractivity contribution in [3.05, 3.63) is 53.6 Å². The topological polar surface area (TPSA) is 99.6 Å². The number of Topliss-reactive ketones (excluding diaryl/α,β-unsaturated/α-hetero) is 1. The summed E-state index contributed by atoms with van der Waals surface area (Å²) in [6.07, 6.45) is 13.3. The average molecular weight is 533 g/mol. The first-order valence-electron chi connectivity index (χ1n) is 13.8. The quantitative estimate of drug-likeness (QED) is 0.440. The second-order valence-electron chi connectivity index (χ2n) is 10.7. The number of carboxylic acid groups (broad SMARTS) is 1. The third-order valence-corrected chi connectivity index (χ3v) is 8.01. The lowest BCUT2D eigenvalue weighted by molar-refractivity contribution is -0.137. The Morgan fingerprint density at radius 1 is 1.13 bits per heavy atom. The molecule has 0 bridgehead atoms. The molecule has 39 heavy (non-hydrogen) atoms. The lowest BCUT2D eigenvalue weighted by Gasteiger charge is -2.33. The molecule has 2 aliphatic heterocycles. The normalized spacial score (nSPS) is 18.8. The minimum Gasteiger partial charge on any atom is -0.481 e. The van der Waals surface area contributed by atoms with Gasteiger partial charge in [-0.25, -0.2) is 4.39 Å². The van der Waals surface area contributed by atoms with Gasteiger partial charge >= 0.3 is 5.97 Å². The van der Waals surface area contributed by atoms with Crippen LogP contribution < -0.4 is 5.32 Å². The van der Waals surface area contributed by atoms with Crippen molar-refractivity contribution in [3.63, 3.8) is 0 Å². The molecule has 1 amide bonds. The number of ketones is 1. The van der Waals surface area contributed by atoms with Crippen LogP contribution in [0, 0.1) is 30.0 Å². The van der Waals surface area contributed by atoms with Crippen molar-refractivity contribution >= 4 is 17.7 Å². The Hall–Kier alpha value is -3.57. The molecule has 0 aliphatic carbocycles. The summed E-state index contributed by atoms with van der Waals surface area (Å²) in [6.45, 7) is 3.06. The molecule has 2 atom stereocenters. The van der Waals surface area contributed by atoms with Gasteiger partial charge in [0, 0.05) is 55.7 Å². The molecule has 0 radical (unpaired) electrons. The minimum absolute atomic E-state index is 0.0353. The van der Waals surface area contributed by atoms with Crippen molar-refractivity contribution < 1.29 is 23.9 Å². The molecule has 0 unspecified atom stereocenters. The Morgan fingerprint density at radius 2 is 1.92 bits per heavy atom. The van der Waals surface area contributed by atoms with Crippen molar-refractivity contribution in [1.82, 2.24) is 15.2 Å². The minimum atomic E-state index is -1.01. The Balaban J connectivity index is 1.42. The molecule has 8 heteroatoms. The van der Waals surface area contributed by atoms with Gasteiger partial charge in [-0.05, 0) is 80.4 Å². The van der Waals surface area contributed by atoms with E-state index in [2.05, 4.69) is 16.2 Å². The summed E-state index contributed by atoms with van der Waals surface area (Å²) in [5.41, 5.74) is 1.94. The number of hydrogen-bond donors (Lipinski definition) is 2. The Morgan fingerprint density at radius 3 is 2.64 bits per heavy atom. The highest BCUT2D eigenvalue weighted by Crippen LogP contribution is 2.31. The number of rotatable bonds is 10. The van der Waals surface area contributed by atoms with E-state index in [0.29, 0.717) is 48.5 Å². The molecule has 2 aromatic rings. The largest absolute Gasteiger partial charge is 0.481 e. The SMILES string of the molecule is C#Cc1ccc(-c2cncc([C@H](CC(=O)O)CC(=O)[C@@H]3CCCN(C(=O)CCC4CCNCC4)C3)c2)cc1[18F]. The van der Waals surface area contributed by atoms with Crippen LogP contribution in [0.5, 0.6) is 0 Å². The second kappa shape index (κ2) is 13.5. The molecule has 1 aromatic carbocycles. The predicted molar refractivity (Wildman–Crippen MR) is 146 cm³/mol. The molecule has 3 heterocycles. The number of hydrogen-bond acceptors (Lipinski definition) is 5.